The molecule has 4 heterocycles. The summed E-state index contributed by atoms with van der Waals surface area (Å²) >= 11 is 1.79. The van der Waals surface area contributed by atoms with Crippen LogP contribution in [-0.2, 0) is 0 Å². The molecular weight excluding hydrogens is 322 g/mol. The summed E-state index contributed by atoms with van der Waals surface area (Å²) in [6.07, 6.45) is 1.57. The molecule has 7 nitrogen and oxygen atoms in total. The van der Waals surface area contributed by atoms with Crippen LogP contribution < -0.4 is 9.80 Å². The molecule has 4 rings (SSSR count). The molecule has 1 aliphatic heterocycles. The second-order valence-corrected chi connectivity index (χ2v) is 7.41. The quantitative estimate of drug-likeness (QED) is 0.710. The first kappa shape index (κ1) is 15.3. The summed E-state index contributed by atoms with van der Waals surface area (Å²) in [5, 5.41) is 5.50. The third kappa shape index (κ3) is 2.41. The second kappa shape index (κ2) is 5.70. The zero-order valence-electron chi connectivity index (χ0n) is 14.4. The number of fused-ring (bicyclic) bond motifs is 1. The Morgan fingerprint density at radius 3 is 2.29 bits per heavy atom. The van der Waals surface area contributed by atoms with E-state index in [4.69, 9.17) is 4.98 Å². The van der Waals surface area contributed by atoms with E-state index in [1.54, 1.807) is 17.7 Å². The van der Waals surface area contributed by atoms with Crippen LogP contribution in [0.15, 0.2) is 6.33 Å². The molecule has 24 heavy (non-hydrogen) atoms. The molecule has 1 aliphatic rings. The fraction of sp³-hybridized carbons (Fsp3) is 0.500. The standard InChI is InChI=1S/C16H21N7S/c1-10-11(2)19-15-17-9-18-23(15)14(10)21-5-7-22(8-6-21)16-20-12(3)13(4)24-16/h9H,5-8H2,1-4H3. The summed E-state index contributed by atoms with van der Waals surface area (Å²) in [4.78, 5) is 19.5. The Morgan fingerprint density at radius 2 is 1.62 bits per heavy atom. The van der Waals surface area contributed by atoms with Crippen LogP contribution in [-0.4, -0.2) is 50.7 Å². The van der Waals surface area contributed by atoms with E-state index in [0.29, 0.717) is 5.78 Å². The summed E-state index contributed by atoms with van der Waals surface area (Å²) in [6.45, 7) is 12.2. The zero-order chi connectivity index (χ0) is 16.8. The highest BCUT2D eigenvalue weighted by molar-refractivity contribution is 7.15. The van der Waals surface area contributed by atoms with Gasteiger partial charge in [-0.2, -0.15) is 14.6 Å². The minimum absolute atomic E-state index is 0.668. The van der Waals surface area contributed by atoms with Gasteiger partial charge in [-0.15, -0.1) is 11.3 Å². The van der Waals surface area contributed by atoms with Gasteiger partial charge in [-0.3, -0.25) is 0 Å². The van der Waals surface area contributed by atoms with E-state index in [0.717, 1.165) is 48.5 Å². The van der Waals surface area contributed by atoms with Gasteiger partial charge in [0.05, 0.1) is 5.69 Å². The minimum Gasteiger partial charge on any atom is -0.353 e. The van der Waals surface area contributed by atoms with Gasteiger partial charge in [-0.05, 0) is 27.7 Å². The van der Waals surface area contributed by atoms with E-state index in [1.807, 2.05) is 11.4 Å². The molecular formula is C16H21N7S. The van der Waals surface area contributed by atoms with Gasteiger partial charge in [0.2, 0.25) is 0 Å². The summed E-state index contributed by atoms with van der Waals surface area (Å²) < 4.78 is 1.86. The molecule has 8 heteroatoms. The van der Waals surface area contributed by atoms with Crippen molar-refractivity contribution in [3.05, 3.63) is 28.2 Å². The Bertz CT molecular complexity index is 870. The second-order valence-electron chi connectivity index (χ2n) is 6.23. The SMILES string of the molecule is Cc1nc(N2CCN(c3c(C)c(C)nc4ncnn34)CC2)sc1C. The number of thiazole rings is 1. The number of hydrogen-bond acceptors (Lipinski definition) is 7. The van der Waals surface area contributed by atoms with Crippen LogP contribution in [0.5, 0.6) is 0 Å². The van der Waals surface area contributed by atoms with Gasteiger partial charge in [0.25, 0.3) is 5.78 Å². The van der Waals surface area contributed by atoms with Crippen molar-refractivity contribution < 1.29 is 0 Å². The number of aromatic nitrogens is 5. The fourth-order valence-electron chi connectivity index (χ4n) is 3.09. The lowest BCUT2D eigenvalue weighted by Gasteiger charge is -2.36. The number of nitrogens with zero attached hydrogens (tertiary/aromatic N) is 7. The zero-order valence-corrected chi connectivity index (χ0v) is 15.3. The van der Waals surface area contributed by atoms with E-state index >= 15 is 0 Å². The highest BCUT2D eigenvalue weighted by Gasteiger charge is 2.24. The molecule has 126 valence electrons. The van der Waals surface area contributed by atoms with Crippen molar-refractivity contribution in [2.75, 3.05) is 36.0 Å². The van der Waals surface area contributed by atoms with Crippen LogP contribution in [0.1, 0.15) is 21.8 Å². The molecule has 0 N–H and O–H groups in total. The van der Waals surface area contributed by atoms with E-state index in [1.165, 1.54) is 10.4 Å². The lowest BCUT2D eigenvalue weighted by molar-refractivity contribution is 0.634. The van der Waals surface area contributed by atoms with Crippen LogP contribution in [0.4, 0.5) is 10.9 Å². The molecule has 3 aromatic rings. The van der Waals surface area contributed by atoms with E-state index in [-0.39, 0.29) is 0 Å². The lowest BCUT2D eigenvalue weighted by atomic mass is 10.2. The van der Waals surface area contributed by atoms with E-state index in [9.17, 15) is 0 Å². The summed E-state index contributed by atoms with van der Waals surface area (Å²) in [6, 6.07) is 0. The number of piperazine rings is 1. The molecule has 0 atom stereocenters. The maximum Gasteiger partial charge on any atom is 0.254 e. The number of anilines is 2. The molecule has 0 radical (unpaired) electrons. The Labute approximate surface area is 145 Å². The molecule has 0 aromatic carbocycles. The Morgan fingerprint density at radius 1 is 0.917 bits per heavy atom. The van der Waals surface area contributed by atoms with Crippen LogP contribution in [0, 0.1) is 27.7 Å². The number of aryl methyl sites for hydroxylation is 3. The number of rotatable bonds is 2. The summed E-state index contributed by atoms with van der Waals surface area (Å²) in [5.41, 5.74) is 3.32. The van der Waals surface area contributed by atoms with Gasteiger partial charge in [0.15, 0.2) is 5.13 Å². The van der Waals surface area contributed by atoms with E-state index < -0.39 is 0 Å². The first-order valence-corrected chi connectivity index (χ1v) is 8.97. The van der Waals surface area contributed by atoms with Crippen molar-refractivity contribution in [3.63, 3.8) is 0 Å². The molecule has 0 bridgehead atoms. The molecule has 1 saturated heterocycles. The first-order chi connectivity index (χ1) is 11.5. The van der Waals surface area contributed by atoms with Crippen molar-refractivity contribution in [2.45, 2.75) is 27.7 Å². The smallest absolute Gasteiger partial charge is 0.254 e. The lowest BCUT2D eigenvalue weighted by Crippen LogP contribution is -2.47. The van der Waals surface area contributed by atoms with Crippen molar-refractivity contribution in [1.29, 1.82) is 0 Å². The van der Waals surface area contributed by atoms with Gasteiger partial charge in [0, 0.05) is 42.3 Å². The molecule has 0 spiro atoms. The summed E-state index contributed by atoms with van der Waals surface area (Å²) in [5.74, 6) is 1.78. The van der Waals surface area contributed by atoms with Gasteiger partial charge < -0.3 is 9.80 Å². The van der Waals surface area contributed by atoms with Gasteiger partial charge >= 0.3 is 0 Å². The maximum atomic E-state index is 4.69. The third-order valence-corrected chi connectivity index (χ3v) is 5.88. The van der Waals surface area contributed by atoms with Gasteiger partial charge in [-0.1, -0.05) is 0 Å². The first-order valence-electron chi connectivity index (χ1n) is 8.15. The monoisotopic (exact) mass is 343 g/mol. The minimum atomic E-state index is 0.668. The maximum absolute atomic E-state index is 4.69. The van der Waals surface area contributed by atoms with Crippen LogP contribution in [0.25, 0.3) is 5.78 Å². The molecule has 0 saturated carbocycles. The fourth-order valence-corrected chi connectivity index (χ4v) is 4.05. The van der Waals surface area contributed by atoms with Crippen molar-refractivity contribution in [3.8, 4) is 0 Å². The molecule has 0 amide bonds. The van der Waals surface area contributed by atoms with Gasteiger partial charge in [-0.25, -0.2) is 9.97 Å². The summed E-state index contributed by atoms with van der Waals surface area (Å²) in [7, 11) is 0. The Kier molecular flexibility index (Phi) is 3.64. The number of hydrogen-bond donors (Lipinski definition) is 0. The van der Waals surface area contributed by atoms with Crippen LogP contribution >= 0.6 is 11.3 Å². The van der Waals surface area contributed by atoms with E-state index in [2.05, 4.69) is 45.6 Å². The van der Waals surface area contributed by atoms with Crippen LogP contribution in [0.3, 0.4) is 0 Å². The highest BCUT2D eigenvalue weighted by atomic mass is 32.1. The van der Waals surface area contributed by atoms with Crippen LogP contribution in [0.2, 0.25) is 0 Å². The predicted molar refractivity (Wildman–Crippen MR) is 96.3 cm³/mol. The average molecular weight is 343 g/mol. The molecule has 0 aliphatic carbocycles. The molecule has 1 fully saturated rings. The van der Waals surface area contributed by atoms with Gasteiger partial charge in [0.1, 0.15) is 12.1 Å². The Balaban J connectivity index is 1.60. The normalized spacial score (nSPS) is 15.5. The molecule has 3 aromatic heterocycles. The molecule has 0 unspecified atom stereocenters. The third-order valence-electron chi connectivity index (χ3n) is 4.74. The average Bonchev–Trinajstić information content (AvgIpc) is 3.16. The largest absolute Gasteiger partial charge is 0.353 e. The van der Waals surface area contributed by atoms with Crippen molar-refractivity contribution >= 4 is 28.1 Å². The highest BCUT2D eigenvalue weighted by Crippen LogP contribution is 2.28. The van der Waals surface area contributed by atoms with Crippen molar-refractivity contribution in [2.24, 2.45) is 0 Å². The van der Waals surface area contributed by atoms with Crippen molar-refractivity contribution in [1.82, 2.24) is 24.6 Å². The Hall–Kier alpha value is -2.22. The topological polar surface area (TPSA) is 62.5 Å². The predicted octanol–water partition coefficient (Wildman–Crippen LogP) is 2.14.